The highest BCUT2D eigenvalue weighted by Gasteiger charge is 2.14. The molecule has 0 aliphatic heterocycles. The van der Waals surface area contributed by atoms with Crippen molar-refractivity contribution in [3.8, 4) is 0 Å². The van der Waals surface area contributed by atoms with Gasteiger partial charge in [-0.15, -0.1) is 0 Å². The Morgan fingerprint density at radius 1 is 1.20 bits per heavy atom. The third kappa shape index (κ3) is 4.40. The van der Waals surface area contributed by atoms with Crippen LogP contribution in [-0.2, 0) is 6.42 Å². The van der Waals surface area contributed by atoms with Crippen molar-refractivity contribution >= 4 is 28.2 Å². The molecule has 0 amide bonds. The van der Waals surface area contributed by atoms with Gasteiger partial charge in [-0.25, -0.2) is 0 Å². The van der Waals surface area contributed by atoms with Crippen LogP contribution in [0.4, 0.5) is 0 Å². The lowest BCUT2D eigenvalue weighted by molar-refractivity contribution is 0.412. The number of nitrogens with one attached hydrogen (secondary N) is 3. The number of aromatic amines is 1. The maximum atomic E-state index is 12.4. The molecule has 1 aliphatic rings. The summed E-state index contributed by atoms with van der Waals surface area (Å²) < 4.78 is 0. The minimum atomic E-state index is -0.00541. The number of fused-ring (bicyclic) bond motifs is 1. The quantitative estimate of drug-likeness (QED) is 0.733. The molecule has 0 saturated heterocycles. The van der Waals surface area contributed by atoms with Crippen LogP contribution in [-0.4, -0.2) is 22.7 Å². The second-order valence-corrected chi connectivity index (χ2v) is 7.51. The Bertz CT molecular complexity index is 822. The van der Waals surface area contributed by atoms with Gasteiger partial charge in [0, 0.05) is 23.5 Å². The zero-order valence-corrected chi connectivity index (χ0v) is 15.9. The second kappa shape index (κ2) is 8.00. The van der Waals surface area contributed by atoms with Crippen LogP contribution in [0.1, 0.15) is 48.8 Å². The first-order chi connectivity index (χ1) is 12.0. The Hall–Kier alpha value is -1.88. The molecule has 4 nitrogen and oxygen atoms in total. The van der Waals surface area contributed by atoms with Crippen molar-refractivity contribution in [3.63, 3.8) is 0 Å². The second-order valence-electron chi connectivity index (χ2n) is 7.10. The zero-order valence-electron chi connectivity index (χ0n) is 15.1. The summed E-state index contributed by atoms with van der Waals surface area (Å²) in [6.07, 6.45) is 6.96. The van der Waals surface area contributed by atoms with Gasteiger partial charge in [-0.05, 0) is 62.5 Å². The maximum absolute atomic E-state index is 12.4. The SMILES string of the molecule is Cc1ccc(C)c2[nH]c(=O)c(CCNC(=S)NC3CCCCC3)cc12. The van der Waals surface area contributed by atoms with E-state index in [0.29, 0.717) is 24.1 Å². The van der Waals surface area contributed by atoms with Crippen molar-refractivity contribution in [2.45, 2.75) is 58.4 Å². The molecular weight excluding hydrogens is 330 g/mol. The molecule has 5 heteroatoms. The van der Waals surface area contributed by atoms with Crippen LogP contribution < -0.4 is 16.2 Å². The largest absolute Gasteiger partial charge is 0.362 e. The monoisotopic (exact) mass is 357 g/mol. The van der Waals surface area contributed by atoms with Crippen LogP contribution >= 0.6 is 12.2 Å². The standard InChI is InChI=1S/C20H27N3OS/c1-13-8-9-14(2)18-17(13)12-15(19(24)23-18)10-11-21-20(25)22-16-6-4-3-5-7-16/h8-9,12,16H,3-7,10-11H2,1-2H3,(H,23,24)(H2,21,22,25). The average molecular weight is 358 g/mol. The summed E-state index contributed by atoms with van der Waals surface area (Å²) in [6.45, 7) is 4.76. The molecule has 3 N–H and O–H groups in total. The first-order valence-corrected chi connectivity index (χ1v) is 9.62. The minimum Gasteiger partial charge on any atom is -0.362 e. The molecule has 1 saturated carbocycles. The Balaban J connectivity index is 1.61. The molecule has 0 unspecified atom stereocenters. The van der Waals surface area contributed by atoms with Crippen molar-refractivity contribution in [2.24, 2.45) is 0 Å². The summed E-state index contributed by atoms with van der Waals surface area (Å²) in [5, 5.41) is 8.48. The molecule has 1 fully saturated rings. The number of hydrogen-bond acceptors (Lipinski definition) is 2. The van der Waals surface area contributed by atoms with Crippen molar-refractivity contribution in [2.75, 3.05) is 6.54 Å². The highest BCUT2D eigenvalue weighted by atomic mass is 32.1. The Labute approximate surface area is 154 Å². The van der Waals surface area contributed by atoms with Gasteiger partial charge in [0.15, 0.2) is 5.11 Å². The molecule has 0 radical (unpaired) electrons. The lowest BCUT2D eigenvalue weighted by Gasteiger charge is -2.24. The average Bonchev–Trinajstić information content (AvgIpc) is 2.60. The number of thiocarbonyl (C=S) groups is 1. The number of hydrogen-bond donors (Lipinski definition) is 3. The molecule has 3 rings (SSSR count). The van der Waals surface area contributed by atoms with Gasteiger partial charge in [0.05, 0.1) is 5.52 Å². The van der Waals surface area contributed by atoms with Gasteiger partial charge in [-0.3, -0.25) is 4.79 Å². The normalized spacial score (nSPS) is 15.3. The van der Waals surface area contributed by atoms with Crippen molar-refractivity contribution < 1.29 is 0 Å². The van der Waals surface area contributed by atoms with Gasteiger partial charge in [-0.1, -0.05) is 31.4 Å². The summed E-state index contributed by atoms with van der Waals surface area (Å²) in [5.41, 5.74) is 4.01. The zero-order chi connectivity index (χ0) is 17.8. The van der Waals surface area contributed by atoms with E-state index in [9.17, 15) is 4.79 Å². The fourth-order valence-corrected chi connectivity index (χ4v) is 3.87. The van der Waals surface area contributed by atoms with Crippen LogP contribution in [0.5, 0.6) is 0 Å². The summed E-state index contributed by atoms with van der Waals surface area (Å²) in [5.74, 6) is 0. The molecule has 0 bridgehead atoms. The number of rotatable bonds is 4. The van der Waals surface area contributed by atoms with Crippen molar-refractivity contribution in [3.05, 3.63) is 45.2 Å². The van der Waals surface area contributed by atoms with E-state index in [1.165, 1.54) is 37.7 Å². The topological polar surface area (TPSA) is 56.9 Å². The molecule has 1 aliphatic carbocycles. The first-order valence-electron chi connectivity index (χ1n) is 9.21. The third-order valence-corrected chi connectivity index (χ3v) is 5.40. The summed E-state index contributed by atoms with van der Waals surface area (Å²) in [4.78, 5) is 15.4. The molecule has 134 valence electrons. The fourth-order valence-electron chi connectivity index (χ4n) is 3.60. The molecular formula is C20H27N3OS. The van der Waals surface area contributed by atoms with E-state index in [0.717, 1.165) is 22.0 Å². The Morgan fingerprint density at radius 2 is 1.92 bits per heavy atom. The lowest BCUT2D eigenvalue weighted by atomic mass is 9.96. The van der Waals surface area contributed by atoms with E-state index in [-0.39, 0.29) is 5.56 Å². The Morgan fingerprint density at radius 3 is 2.68 bits per heavy atom. The smallest absolute Gasteiger partial charge is 0.251 e. The molecule has 1 heterocycles. The highest BCUT2D eigenvalue weighted by Crippen LogP contribution is 2.20. The molecule has 25 heavy (non-hydrogen) atoms. The Kier molecular flexibility index (Phi) is 5.74. The lowest BCUT2D eigenvalue weighted by Crippen LogP contribution is -2.43. The van der Waals surface area contributed by atoms with E-state index in [1.807, 2.05) is 19.1 Å². The summed E-state index contributed by atoms with van der Waals surface area (Å²) in [7, 11) is 0. The fraction of sp³-hybridized carbons (Fsp3) is 0.500. The van der Waals surface area contributed by atoms with Gasteiger partial charge in [0.1, 0.15) is 0 Å². The number of H-pyrrole nitrogens is 1. The van der Waals surface area contributed by atoms with E-state index in [1.54, 1.807) is 0 Å². The van der Waals surface area contributed by atoms with E-state index >= 15 is 0 Å². The van der Waals surface area contributed by atoms with Crippen LogP contribution in [0.15, 0.2) is 23.0 Å². The molecule has 1 aromatic carbocycles. The highest BCUT2D eigenvalue weighted by molar-refractivity contribution is 7.80. The number of pyridine rings is 1. The minimum absolute atomic E-state index is 0.00541. The van der Waals surface area contributed by atoms with Crippen molar-refractivity contribution in [1.29, 1.82) is 0 Å². The summed E-state index contributed by atoms with van der Waals surface area (Å²) >= 11 is 5.39. The van der Waals surface area contributed by atoms with Crippen LogP contribution in [0.25, 0.3) is 10.9 Å². The van der Waals surface area contributed by atoms with Crippen LogP contribution in [0.2, 0.25) is 0 Å². The maximum Gasteiger partial charge on any atom is 0.251 e. The molecule has 0 atom stereocenters. The van der Waals surface area contributed by atoms with Gasteiger partial charge < -0.3 is 15.6 Å². The molecule has 0 spiro atoms. The van der Waals surface area contributed by atoms with Gasteiger partial charge in [0.25, 0.3) is 5.56 Å². The predicted octanol–water partition coefficient (Wildman–Crippen LogP) is 3.48. The number of aryl methyl sites for hydroxylation is 2. The summed E-state index contributed by atoms with van der Waals surface area (Å²) in [6, 6.07) is 6.67. The van der Waals surface area contributed by atoms with E-state index in [2.05, 4.69) is 28.6 Å². The first kappa shape index (κ1) is 17.9. The number of benzene rings is 1. The van der Waals surface area contributed by atoms with Gasteiger partial charge in [0.2, 0.25) is 0 Å². The van der Waals surface area contributed by atoms with E-state index < -0.39 is 0 Å². The van der Waals surface area contributed by atoms with Crippen LogP contribution in [0.3, 0.4) is 0 Å². The van der Waals surface area contributed by atoms with Crippen LogP contribution in [0, 0.1) is 13.8 Å². The van der Waals surface area contributed by atoms with Crippen molar-refractivity contribution in [1.82, 2.24) is 15.6 Å². The van der Waals surface area contributed by atoms with E-state index in [4.69, 9.17) is 12.2 Å². The third-order valence-electron chi connectivity index (χ3n) is 5.14. The molecule has 2 aromatic rings. The van der Waals surface area contributed by atoms with Gasteiger partial charge >= 0.3 is 0 Å². The number of aromatic nitrogens is 1. The molecule has 1 aromatic heterocycles. The predicted molar refractivity (Wildman–Crippen MR) is 108 cm³/mol. The van der Waals surface area contributed by atoms with Gasteiger partial charge in [-0.2, -0.15) is 0 Å².